The molecule has 13 heavy (non-hydrogen) atoms. The quantitative estimate of drug-likeness (QED) is 0.642. The maximum Gasteiger partial charge on any atom is 0.306 e. The van der Waals surface area contributed by atoms with Gasteiger partial charge in [0, 0.05) is 0 Å². The van der Waals surface area contributed by atoms with E-state index in [0.717, 1.165) is 12.7 Å². The molecule has 0 saturated carbocycles. The van der Waals surface area contributed by atoms with Crippen LogP contribution in [0, 0.1) is 5.41 Å². The Bertz CT molecular complexity index is 347. The lowest BCUT2D eigenvalue weighted by atomic mass is 9.86. The minimum atomic E-state index is -3.38. The molecule has 0 fully saturated rings. The molecule has 74 valence electrons. The van der Waals surface area contributed by atoms with Gasteiger partial charge in [-0.15, -0.1) is 0 Å². The average Bonchev–Trinajstić information content (AvgIpc) is 1.91. The molecule has 0 aliphatic heterocycles. The summed E-state index contributed by atoms with van der Waals surface area (Å²) in [6, 6.07) is 0. The number of allylic oxidation sites excluding steroid dienone is 3. The van der Waals surface area contributed by atoms with Gasteiger partial charge in [-0.2, -0.15) is 8.42 Å². The first-order valence-corrected chi connectivity index (χ1v) is 5.89. The zero-order valence-electron chi connectivity index (χ0n) is 8.07. The van der Waals surface area contributed by atoms with Crippen LogP contribution in [-0.2, 0) is 14.3 Å². The summed E-state index contributed by atoms with van der Waals surface area (Å²) in [5.41, 5.74) is 0.102. The minimum absolute atomic E-state index is 0.102. The molecule has 0 unspecified atom stereocenters. The molecule has 0 amide bonds. The summed E-state index contributed by atoms with van der Waals surface area (Å²) in [6.45, 7) is 4.16. The Balaban J connectivity index is 2.69. The summed E-state index contributed by atoms with van der Waals surface area (Å²) in [7, 11) is -3.38. The van der Waals surface area contributed by atoms with Crippen LogP contribution in [0.1, 0.15) is 20.3 Å². The fraction of sp³-hybridized carbons (Fsp3) is 0.556. The fourth-order valence-corrected chi connectivity index (χ4v) is 1.52. The lowest BCUT2D eigenvalue weighted by Crippen LogP contribution is -2.11. The Morgan fingerprint density at radius 3 is 2.46 bits per heavy atom. The average molecular weight is 202 g/mol. The van der Waals surface area contributed by atoms with Crippen molar-refractivity contribution in [3.8, 4) is 0 Å². The van der Waals surface area contributed by atoms with Gasteiger partial charge in [0.1, 0.15) is 5.76 Å². The molecule has 1 aliphatic rings. The van der Waals surface area contributed by atoms with Crippen LogP contribution in [0.2, 0.25) is 0 Å². The van der Waals surface area contributed by atoms with Crippen molar-refractivity contribution in [2.24, 2.45) is 5.41 Å². The minimum Gasteiger partial charge on any atom is -0.383 e. The van der Waals surface area contributed by atoms with Crippen molar-refractivity contribution in [2.45, 2.75) is 20.3 Å². The van der Waals surface area contributed by atoms with E-state index in [0.29, 0.717) is 5.76 Å². The first kappa shape index (κ1) is 10.3. The van der Waals surface area contributed by atoms with Crippen molar-refractivity contribution >= 4 is 10.1 Å². The fourth-order valence-electron chi connectivity index (χ4n) is 1.04. The predicted octanol–water partition coefficient (Wildman–Crippen LogP) is 1.83. The summed E-state index contributed by atoms with van der Waals surface area (Å²) < 4.78 is 26.2. The van der Waals surface area contributed by atoms with E-state index < -0.39 is 10.1 Å². The highest BCUT2D eigenvalue weighted by atomic mass is 32.2. The molecular weight excluding hydrogens is 188 g/mol. The Labute approximate surface area is 79.2 Å². The van der Waals surface area contributed by atoms with Gasteiger partial charge in [-0.1, -0.05) is 19.9 Å². The second-order valence-corrected chi connectivity index (χ2v) is 5.49. The van der Waals surface area contributed by atoms with E-state index in [2.05, 4.69) is 13.8 Å². The molecule has 0 spiro atoms. The van der Waals surface area contributed by atoms with Crippen molar-refractivity contribution in [3.05, 3.63) is 24.0 Å². The third-order valence-corrected chi connectivity index (χ3v) is 2.27. The first-order chi connectivity index (χ1) is 5.79. The molecule has 0 bridgehead atoms. The monoisotopic (exact) mass is 202 g/mol. The number of hydrogen-bond donors (Lipinski definition) is 0. The van der Waals surface area contributed by atoms with E-state index in [1.807, 2.05) is 6.08 Å². The smallest absolute Gasteiger partial charge is 0.306 e. The normalized spacial score (nSPS) is 21.0. The summed E-state index contributed by atoms with van der Waals surface area (Å²) >= 11 is 0. The van der Waals surface area contributed by atoms with Crippen molar-refractivity contribution in [2.75, 3.05) is 6.26 Å². The predicted molar refractivity (Wildman–Crippen MR) is 51.5 cm³/mol. The lowest BCUT2D eigenvalue weighted by Gasteiger charge is -2.21. The molecular formula is C9H14O3S. The third kappa shape index (κ3) is 3.63. The van der Waals surface area contributed by atoms with E-state index in [4.69, 9.17) is 4.18 Å². The molecule has 0 radical (unpaired) electrons. The molecule has 4 heteroatoms. The van der Waals surface area contributed by atoms with Gasteiger partial charge in [0.05, 0.1) is 6.26 Å². The standard InChI is InChI=1S/C9H14O3S/c1-9(2)6-4-8(5-7-9)12-13(3,10)11/h4-6H,7H2,1-3H3. The molecule has 1 aliphatic carbocycles. The van der Waals surface area contributed by atoms with Gasteiger partial charge in [0.25, 0.3) is 0 Å². The number of hydrogen-bond acceptors (Lipinski definition) is 3. The molecule has 0 atom stereocenters. The van der Waals surface area contributed by atoms with E-state index in [1.54, 1.807) is 12.2 Å². The van der Waals surface area contributed by atoms with Crippen LogP contribution in [0.3, 0.4) is 0 Å². The lowest BCUT2D eigenvalue weighted by molar-refractivity contribution is 0.403. The van der Waals surface area contributed by atoms with Crippen LogP contribution in [0.5, 0.6) is 0 Å². The van der Waals surface area contributed by atoms with Gasteiger partial charge >= 0.3 is 10.1 Å². The maximum atomic E-state index is 10.8. The van der Waals surface area contributed by atoms with Crippen LogP contribution >= 0.6 is 0 Å². The molecule has 0 aromatic heterocycles. The Morgan fingerprint density at radius 2 is 2.08 bits per heavy atom. The second kappa shape index (κ2) is 3.18. The highest BCUT2D eigenvalue weighted by molar-refractivity contribution is 7.86. The molecule has 0 heterocycles. The third-order valence-electron chi connectivity index (χ3n) is 1.78. The second-order valence-electron chi connectivity index (χ2n) is 3.92. The molecule has 3 nitrogen and oxygen atoms in total. The first-order valence-electron chi connectivity index (χ1n) is 4.07. The van der Waals surface area contributed by atoms with Crippen molar-refractivity contribution in [1.82, 2.24) is 0 Å². The van der Waals surface area contributed by atoms with Crippen molar-refractivity contribution in [3.63, 3.8) is 0 Å². The zero-order valence-corrected chi connectivity index (χ0v) is 8.89. The van der Waals surface area contributed by atoms with Crippen LogP contribution < -0.4 is 0 Å². The van der Waals surface area contributed by atoms with Crippen molar-refractivity contribution in [1.29, 1.82) is 0 Å². The summed E-state index contributed by atoms with van der Waals surface area (Å²) in [5.74, 6) is 0.418. The maximum absolute atomic E-state index is 10.8. The highest BCUT2D eigenvalue weighted by Gasteiger charge is 2.17. The van der Waals surface area contributed by atoms with Gasteiger partial charge in [0.15, 0.2) is 0 Å². The van der Waals surface area contributed by atoms with Crippen LogP contribution in [-0.4, -0.2) is 14.7 Å². The molecule has 1 rings (SSSR count). The highest BCUT2D eigenvalue weighted by Crippen LogP contribution is 2.28. The number of rotatable bonds is 2. The Kier molecular flexibility index (Phi) is 2.52. The van der Waals surface area contributed by atoms with E-state index >= 15 is 0 Å². The molecule has 0 aromatic rings. The SMILES string of the molecule is CC1(C)C=CC(OS(C)(=O)=O)=CC1. The van der Waals surface area contributed by atoms with Crippen LogP contribution in [0.4, 0.5) is 0 Å². The summed E-state index contributed by atoms with van der Waals surface area (Å²) in [4.78, 5) is 0. The van der Waals surface area contributed by atoms with Crippen molar-refractivity contribution < 1.29 is 12.6 Å². The summed E-state index contributed by atoms with van der Waals surface area (Å²) in [6.07, 6.45) is 7.29. The van der Waals surface area contributed by atoms with Gasteiger partial charge in [0.2, 0.25) is 0 Å². The van der Waals surface area contributed by atoms with Gasteiger partial charge in [-0.05, 0) is 24.0 Å². The van der Waals surface area contributed by atoms with E-state index in [9.17, 15) is 8.42 Å². The van der Waals surface area contributed by atoms with E-state index in [-0.39, 0.29) is 5.41 Å². The Hall–Kier alpha value is -0.770. The Morgan fingerprint density at radius 1 is 1.46 bits per heavy atom. The largest absolute Gasteiger partial charge is 0.383 e. The molecule has 0 saturated heterocycles. The van der Waals surface area contributed by atoms with E-state index in [1.165, 1.54) is 0 Å². The van der Waals surface area contributed by atoms with Crippen LogP contribution in [0.25, 0.3) is 0 Å². The summed E-state index contributed by atoms with van der Waals surface area (Å²) in [5, 5.41) is 0. The van der Waals surface area contributed by atoms with Crippen LogP contribution in [0.15, 0.2) is 24.0 Å². The molecule has 0 N–H and O–H groups in total. The topological polar surface area (TPSA) is 43.4 Å². The zero-order chi connectivity index (χ0) is 10.1. The molecule has 0 aromatic carbocycles. The van der Waals surface area contributed by atoms with Gasteiger partial charge in [-0.3, -0.25) is 0 Å². The van der Waals surface area contributed by atoms with Gasteiger partial charge in [-0.25, -0.2) is 0 Å². The van der Waals surface area contributed by atoms with Gasteiger partial charge < -0.3 is 4.18 Å².